The second-order valence-corrected chi connectivity index (χ2v) is 8.71. The zero-order chi connectivity index (χ0) is 21.0. The molecule has 6 nitrogen and oxygen atoms in total. The quantitative estimate of drug-likeness (QED) is 0.243. The lowest BCUT2D eigenvalue weighted by molar-refractivity contribution is -0.885. The molecule has 0 spiro atoms. The van der Waals surface area contributed by atoms with Crippen LogP contribution < -0.4 is 4.90 Å². The minimum absolute atomic E-state index is 0.00424. The van der Waals surface area contributed by atoms with Crippen molar-refractivity contribution in [1.29, 1.82) is 0 Å². The Kier molecular flexibility index (Phi) is 7.15. The molecule has 1 aliphatic heterocycles. The van der Waals surface area contributed by atoms with Crippen LogP contribution in [0.2, 0.25) is 5.02 Å². The van der Waals surface area contributed by atoms with Gasteiger partial charge >= 0.3 is 5.97 Å². The van der Waals surface area contributed by atoms with Gasteiger partial charge in [0.25, 0.3) is 5.91 Å². The fraction of sp³-hybridized carbons (Fsp3) is 0.333. The fourth-order valence-corrected chi connectivity index (χ4v) is 4.09. The Morgan fingerprint density at radius 1 is 1.24 bits per heavy atom. The van der Waals surface area contributed by atoms with E-state index in [1.54, 1.807) is 24.0 Å². The molecule has 1 amide bonds. The van der Waals surface area contributed by atoms with Crippen molar-refractivity contribution in [2.45, 2.75) is 26.4 Å². The number of hydrogen-bond acceptors (Lipinski definition) is 4. The molecule has 0 aliphatic carbocycles. The molecule has 1 unspecified atom stereocenters. The number of halogens is 2. The number of hydroxylamine groups is 3. The molecule has 1 atom stereocenters. The van der Waals surface area contributed by atoms with Gasteiger partial charge in [0, 0.05) is 14.2 Å². The van der Waals surface area contributed by atoms with Gasteiger partial charge < -0.3 is 19.5 Å². The van der Waals surface area contributed by atoms with Gasteiger partial charge in [-0.3, -0.25) is 9.59 Å². The molecule has 0 radical (unpaired) electrons. The summed E-state index contributed by atoms with van der Waals surface area (Å²) < 4.78 is 5.15. The van der Waals surface area contributed by atoms with E-state index < -0.39 is 10.6 Å². The summed E-state index contributed by atoms with van der Waals surface area (Å²) >= 11 is 8.16. The molecule has 8 heteroatoms. The van der Waals surface area contributed by atoms with E-state index in [1.807, 2.05) is 30.3 Å². The van der Waals surface area contributed by atoms with Crippen LogP contribution in [-0.4, -0.2) is 36.2 Å². The first-order valence-corrected chi connectivity index (χ1v) is 10.8. The highest BCUT2D eigenvalue weighted by molar-refractivity contribution is 14.1. The Morgan fingerprint density at radius 2 is 1.97 bits per heavy atom. The number of fused-ring (bicyclic) bond motifs is 1. The van der Waals surface area contributed by atoms with Crippen molar-refractivity contribution in [2.75, 3.05) is 24.6 Å². The van der Waals surface area contributed by atoms with Gasteiger partial charge in [-0.1, -0.05) is 23.7 Å². The van der Waals surface area contributed by atoms with Crippen molar-refractivity contribution in [3.05, 3.63) is 67.4 Å². The van der Waals surface area contributed by atoms with Crippen LogP contribution in [0.5, 0.6) is 0 Å². The standard InChI is InChI=1S/C21H22ClIN2O4/c1-2-29-21(27)9-10-25(28)13-16-11-18(23)7-8-19(16)24(20(26)14-25)12-15-3-5-17(22)6-4-15/h3-8,11H,2,9-10,12-14H2,1H3. The number of amides is 1. The number of quaternary nitrogens is 1. The van der Waals surface area contributed by atoms with Crippen LogP contribution in [0.1, 0.15) is 24.5 Å². The maximum Gasteiger partial charge on any atom is 0.311 e. The summed E-state index contributed by atoms with van der Waals surface area (Å²) in [6, 6.07) is 13.0. The van der Waals surface area contributed by atoms with E-state index in [2.05, 4.69) is 22.6 Å². The molecule has 0 bridgehead atoms. The van der Waals surface area contributed by atoms with E-state index in [4.69, 9.17) is 16.3 Å². The monoisotopic (exact) mass is 528 g/mol. The van der Waals surface area contributed by atoms with Gasteiger partial charge in [0.2, 0.25) is 0 Å². The maximum atomic E-state index is 13.4. The first-order chi connectivity index (χ1) is 13.8. The number of esters is 1. The van der Waals surface area contributed by atoms with E-state index >= 15 is 0 Å². The molecule has 1 aliphatic rings. The van der Waals surface area contributed by atoms with Crippen LogP contribution in [-0.2, 0) is 27.4 Å². The number of hydrogen-bond donors (Lipinski definition) is 0. The molecule has 0 saturated heterocycles. The third kappa shape index (κ3) is 5.69. The van der Waals surface area contributed by atoms with Gasteiger partial charge in [-0.25, -0.2) is 0 Å². The van der Waals surface area contributed by atoms with Crippen molar-refractivity contribution in [1.82, 2.24) is 0 Å². The summed E-state index contributed by atoms with van der Waals surface area (Å²) in [6.45, 7) is 2.26. The number of rotatable bonds is 6. The lowest BCUT2D eigenvalue weighted by Gasteiger charge is -2.40. The van der Waals surface area contributed by atoms with Crippen molar-refractivity contribution in [3.63, 3.8) is 0 Å². The van der Waals surface area contributed by atoms with E-state index in [0.29, 0.717) is 11.6 Å². The Balaban J connectivity index is 1.89. The topological polar surface area (TPSA) is 69.7 Å². The van der Waals surface area contributed by atoms with Gasteiger partial charge in [-0.05, 0) is 65.4 Å². The lowest BCUT2D eigenvalue weighted by atomic mass is 10.1. The van der Waals surface area contributed by atoms with Crippen LogP contribution in [0.25, 0.3) is 0 Å². The van der Waals surface area contributed by atoms with Crippen LogP contribution in [0.4, 0.5) is 5.69 Å². The molecule has 154 valence electrons. The highest BCUT2D eigenvalue weighted by atomic mass is 127. The Morgan fingerprint density at radius 3 is 2.66 bits per heavy atom. The average molecular weight is 529 g/mol. The molecular formula is C21H22ClIN2O4. The molecule has 0 aromatic heterocycles. The number of ether oxygens (including phenoxy) is 1. The SMILES string of the molecule is CCOC(=O)CC[N+]1([O-])CC(=O)N(Cc2ccc(Cl)cc2)c2ccc(I)cc2C1. The van der Waals surface area contributed by atoms with Crippen molar-refractivity contribution >= 4 is 51.8 Å². The summed E-state index contributed by atoms with van der Waals surface area (Å²) in [6.07, 6.45) is -0.0128. The van der Waals surface area contributed by atoms with Gasteiger partial charge in [-0.2, -0.15) is 0 Å². The zero-order valence-corrected chi connectivity index (χ0v) is 19.0. The van der Waals surface area contributed by atoms with E-state index in [1.165, 1.54) is 0 Å². The molecule has 3 rings (SSSR count). The summed E-state index contributed by atoms with van der Waals surface area (Å²) in [7, 11) is 0. The van der Waals surface area contributed by atoms with Crippen molar-refractivity contribution in [3.8, 4) is 0 Å². The normalized spacial score (nSPS) is 18.9. The molecule has 29 heavy (non-hydrogen) atoms. The van der Waals surface area contributed by atoms with E-state index in [9.17, 15) is 14.8 Å². The van der Waals surface area contributed by atoms with E-state index in [-0.39, 0.29) is 38.6 Å². The molecule has 2 aromatic rings. The fourth-order valence-electron chi connectivity index (χ4n) is 3.41. The zero-order valence-electron chi connectivity index (χ0n) is 16.1. The van der Waals surface area contributed by atoms with Crippen molar-refractivity contribution in [2.24, 2.45) is 0 Å². The smallest absolute Gasteiger partial charge is 0.311 e. The Labute approximate surface area is 188 Å². The van der Waals surface area contributed by atoms with Gasteiger partial charge in [0.05, 0.1) is 31.8 Å². The first-order valence-electron chi connectivity index (χ1n) is 9.35. The number of carbonyl (C=O) groups is 2. The molecule has 1 heterocycles. The second-order valence-electron chi connectivity index (χ2n) is 7.03. The van der Waals surface area contributed by atoms with Crippen molar-refractivity contribution < 1.29 is 19.0 Å². The van der Waals surface area contributed by atoms with Crippen LogP contribution in [0, 0.1) is 8.78 Å². The van der Waals surface area contributed by atoms with Crippen LogP contribution in [0.3, 0.4) is 0 Å². The maximum absolute atomic E-state index is 13.4. The third-order valence-corrected chi connectivity index (χ3v) is 5.72. The number of carbonyl (C=O) groups excluding carboxylic acids is 2. The second kappa shape index (κ2) is 9.42. The highest BCUT2D eigenvalue weighted by Crippen LogP contribution is 2.32. The summed E-state index contributed by atoms with van der Waals surface area (Å²) in [5.74, 6) is -0.683. The number of nitrogens with zero attached hydrogens (tertiary/aromatic N) is 2. The summed E-state index contributed by atoms with van der Waals surface area (Å²) in [5.41, 5.74) is 2.46. The van der Waals surface area contributed by atoms with Gasteiger partial charge in [0.15, 0.2) is 6.54 Å². The largest absolute Gasteiger partial charge is 0.632 e. The van der Waals surface area contributed by atoms with E-state index in [0.717, 1.165) is 20.4 Å². The van der Waals surface area contributed by atoms with Crippen LogP contribution >= 0.6 is 34.2 Å². The Bertz CT molecular complexity index is 906. The van der Waals surface area contributed by atoms with Crippen LogP contribution in [0.15, 0.2) is 42.5 Å². The Hall–Kier alpha value is -1.68. The molecular weight excluding hydrogens is 507 g/mol. The molecule has 0 fully saturated rings. The minimum Gasteiger partial charge on any atom is -0.632 e. The predicted octanol–water partition coefficient (Wildman–Crippen LogP) is 4.26. The third-order valence-electron chi connectivity index (χ3n) is 4.80. The minimum atomic E-state index is -0.776. The summed E-state index contributed by atoms with van der Waals surface area (Å²) in [5, 5.41) is 14.1. The predicted molar refractivity (Wildman–Crippen MR) is 120 cm³/mol. The number of benzene rings is 2. The average Bonchev–Trinajstić information content (AvgIpc) is 2.76. The molecule has 0 N–H and O–H groups in total. The lowest BCUT2D eigenvalue weighted by Crippen LogP contribution is -2.48. The van der Waals surface area contributed by atoms with Gasteiger partial charge in [0.1, 0.15) is 6.54 Å². The summed E-state index contributed by atoms with van der Waals surface area (Å²) in [4.78, 5) is 26.5. The molecule has 0 saturated carbocycles. The van der Waals surface area contributed by atoms with Gasteiger partial charge in [-0.15, -0.1) is 0 Å². The number of anilines is 1. The molecule has 2 aromatic carbocycles. The highest BCUT2D eigenvalue weighted by Gasteiger charge is 2.33. The first kappa shape index (κ1) is 22.0.